The minimum atomic E-state index is -1.14. The van der Waals surface area contributed by atoms with Gasteiger partial charge < -0.3 is 65.6 Å². The van der Waals surface area contributed by atoms with Gasteiger partial charge in [0.1, 0.15) is 46.0 Å². The summed E-state index contributed by atoms with van der Waals surface area (Å²) in [5.74, 6) is -5.08. The minimum Gasteiger partial charge on any atom is -0.508 e. The number of unbranched alkanes of at least 4 members (excludes halogenated alkanes) is 15. The number of aromatic hydroxyl groups is 5. The standard InChI is InChI=1S/C75H104O19/c76-51-44-49(22-11-7-19-33-73(42-43-73)67(87)88)52(24-12-2-5-17-31-71(38-39-71)65(83)84)59(46-51)94-61-48-75(61,69(91)92)35-21-9-15-26-54-55(27-13-3-6-18-32-72(40-41-72)66(85)86)58(29-28-56(54)77)93-60-47-74(60,68(89)90)34-20-8-14-25-53-50(45-57(78)63(80)62(53)79)23-10-1-4-16-30-70(36-37-70)64(81)82/h28-29,44-46,60-61,76-80H,1-27,30-43,47-48H2,(H,81,82)(H,83,84)(H,85,86)(H,87,88)(H,89,90)(H,91,92). The third kappa shape index (κ3) is 17.6. The zero-order chi connectivity index (χ0) is 67.5. The van der Waals surface area contributed by atoms with Gasteiger partial charge in [-0.2, -0.15) is 0 Å². The van der Waals surface area contributed by atoms with Gasteiger partial charge in [-0.25, -0.2) is 0 Å². The number of aliphatic carboxylic acids is 6. The number of hydrogen-bond donors (Lipinski definition) is 11. The predicted octanol–water partition coefficient (Wildman–Crippen LogP) is 15.3. The number of rotatable bonds is 49. The molecule has 4 atom stereocenters. The van der Waals surface area contributed by atoms with Gasteiger partial charge in [-0.3, -0.25) is 28.8 Å². The van der Waals surface area contributed by atoms with Crippen LogP contribution < -0.4 is 9.47 Å². The highest BCUT2D eigenvalue weighted by Gasteiger charge is 2.63. The molecule has 0 bridgehead atoms. The quantitative estimate of drug-likeness (QED) is 0.0185. The lowest BCUT2D eigenvalue weighted by atomic mass is 9.92. The average Bonchev–Trinajstić information content (AvgIpc) is 1.59. The molecular formula is C75H104O19. The normalized spacial score (nSPS) is 21.8. The predicted molar refractivity (Wildman–Crippen MR) is 350 cm³/mol. The first-order chi connectivity index (χ1) is 44.9. The Morgan fingerprint density at radius 3 is 1.07 bits per heavy atom. The fourth-order valence-corrected chi connectivity index (χ4v) is 15.3. The number of aryl methyl sites for hydroxylation is 2. The molecule has 3 aromatic rings. The zero-order valence-electron chi connectivity index (χ0n) is 55.1. The van der Waals surface area contributed by atoms with Crippen molar-refractivity contribution in [2.45, 2.75) is 288 Å². The summed E-state index contributed by atoms with van der Waals surface area (Å²) in [5, 5.41) is 114. The minimum absolute atomic E-state index is 0.0218. The maximum absolute atomic E-state index is 13.2. The highest BCUT2D eigenvalue weighted by Crippen LogP contribution is 2.57. The van der Waals surface area contributed by atoms with Crippen molar-refractivity contribution in [1.82, 2.24) is 0 Å². The van der Waals surface area contributed by atoms with Gasteiger partial charge in [-0.1, -0.05) is 96.3 Å². The van der Waals surface area contributed by atoms with Crippen LogP contribution in [-0.2, 0) is 67.3 Å². The van der Waals surface area contributed by atoms with Gasteiger partial charge in [0, 0.05) is 35.6 Å². The number of carbonyl (C=O) groups is 6. The molecule has 6 fully saturated rings. The molecule has 3 aromatic carbocycles. The van der Waals surface area contributed by atoms with Gasteiger partial charge >= 0.3 is 35.8 Å². The van der Waals surface area contributed by atoms with E-state index in [9.17, 15) is 84.9 Å². The van der Waals surface area contributed by atoms with Crippen LogP contribution in [0.3, 0.4) is 0 Å². The largest absolute Gasteiger partial charge is 0.508 e. The Bertz CT molecular complexity index is 3190. The van der Waals surface area contributed by atoms with E-state index in [0.29, 0.717) is 170 Å². The molecule has 0 amide bonds. The van der Waals surface area contributed by atoms with E-state index in [1.807, 2.05) is 0 Å². The molecule has 0 aromatic heterocycles. The molecule has 0 heterocycles. The average molecular weight is 1310 g/mol. The smallest absolute Gasteiger partial charge is 0.313 e. The van der Waals surface area contributed by atoms with Gasteiger partial charge in [0.2, 0.25) is 5.75 Å². The summed E-state index contributed by atoms with van der Waals surface area (Å²) in [6.07, 6.45) is 27.3. The van der Waals surface area contributed by atoms with Gasteiger partial charge in [0.25, 0.3) is 0 Å². The van der Waals surface area contributed by atoms with Crippen molar-refractivity contribution < 1.29 is 94.4 Å². The van der Waals surface area contributed by atoms with Gasteiger partial charge in [0.15, 0.2) is 11.5 Å². The molecule has 4 unspecified atom stereocenters. The van der Waals surface area contributed by atoms with Gasteiger partial charge in [-0.15, -0.1) is 0 Å². The maximum atomic E-state index is 13.2. The van der Waals surface area contributed by atoms with Crippen LogP contribution in [-0.4, -0.2) is 104 Å². The zero-order valence-corrected chi connectivity index (χ0v) is 55.1. The van der Waals surface area contributed by atoms with E-state index in [0.717, 1.165) is 144 Å². The lowest BCUT2D eigenvalue weighted by molar-refractivity contribution is -0.145. The van der Waals surface area contributed by atoms with Crippen molar-refractivity contribution in [3.05, 3.63) is 63.7 Å². The fourth-order valence-electron chi connectivity index (χ4n) is 15.3. The lowest BCUT2D eigenvalue weighted by Gasteiger charge is -2.20. The van der Waals surface area contributed by atoms with Crippen molar-refractivity contribution in [1.29, 1.82) is 0 Å². The third-order valence-electron chi connectivity index (χ3n) is 22.9. The van der Waals surface area contributed by atoms with Crippen LogP contribution in [0.15, 0.2) is 30.3 Å². The fraction of sp³-hybridized carbons (Fsp3) is 0.680. The Balaban J connectivity index is 0.794. The number of carboxylic acids is 6. The Kier molecular flexibility index (Phi) is 23.4. The van der Waals surface area contributed by atoms with Crippen LogP contribution in [0.5, 0.6) is 40.2 Å². The highest BCUT2D eigenvalue weighted by molar-refractivity contribution is 5.81. The SMILES string of the molecule is O=C(O)C1(CCCCCCc2cc(O)c(O)c(O)c2CCCCCC2(C(=O)O)CC2Oc2ccc(O)c(CCCCCC3(C(=O)O)CC3Oc3cc(O)cc(CCCCCC4(C(=O)O)CC4)c3CCCCCCC3(C(=O)O)CC3)c2CCCCCCC2(C(=O)O)CC2)CC1. The van der Waals surface area contributed by atoms with Crippen LogP contribution in [0.2, 0.25) is 0 Å². The number of phenolic OH excluding ortho intramolecular Hbond substituents is 5. The van der Waals surface area contributed by atoms with Crippen molar-refractivity contribution >= 4 is 35.8 Å². The summed E-state index contributed by atoms with van der Waals surface area (Å²) >= 11 is 0. The molecule has 0 aliphatic heterocycles. The second-order valence-electron chi connectivity index (χ2n) is 29.7. The maximum Gasteiger partial charge on any atom is 0.313 e. The first-order valence-corrected chi connectivity index (χ1v) is 35.6. The molecule has 0 spiro atoms. The Morgan fingerprint density at radius 1 is 0.330 bits per heavy atom. The molecule has 19 nitrogen and oxygen atoms in total. The Labute approximate surface area is 552 Å². The van der Waals surface area contributed by atoms with Crippen LogP contribution >= 0.6 is 0 Å². The van der Waals surface area contributed by atoms with E-state index in [2.05, 4.69) is 0 Å². The second kappa shape index (κ2) is 30.9. The molecule has 518 valence electrons. The van der Waals surface area contributed by atoms with Crippen LogP contribution in [0.1, 0.15) is 271 Å². The van der Waals surface area contributed by atoms with Gasteiger partial charge in [0.05, 0.1) is 21.7 Å². The second-order valence-corrected chi connectivity index (χ2v) is 29.7. The van der Waals surface area contributed by atoms with Crippen molar-refractivity contribution in [3.63, 3.8) is 0 Å². The van der Waals surface area contributed by atoms with Crippen molar-refractivity contribution in [2.75, 3.05) is 0 Å². The summed E-state index contributed by atoms with van der Waals surface area (Å²) in [5.41, 5.74) is 0.0118. The van der Waals surface area contributed by atoms with E-state index in [1.165, 1.54) is 6.07 Å². The Morgan fingerprint density at radius 2 is 0.670 bits per heavy atom. The van der Waals surface area contributed by atoms with Gasteiger partial charge in [-0.05, 0) is 208 Å². The molecule has 6 aliphatic carbocycles. The van der Waals surface area contributed by atoms with E-state index in [4.69, 9.17) is 9.47 Å². The van der Waals surface area contributed by atoms with E-state index in [1.54, 1.807) is 24.3 Å². The molecular weight excluding hydrogens is 1200 g/mol. The van der Waals surface area contributed by atoms with E-state index in [-0.39, 0.29) is 23.7 Å². The van der Waals surface area contributed by atoms with Crippen LogP contribution in [0.4, 0.5) is 0 Å². The monoisotopic (exact) mass is 1310 g/mol. The van der Waals surface area contributed by atoms with E-state index >= 15 is 0 Å². The molecule has 0 saturated heterocycles. The molecule has 6 saturated carbocycles. The van der Waals surface area contributed by atoms with Crippen molar-refractivity contribution in [3.8, 4) is 40.2 Å². The number of carboxylic acid groups (broad SMARTS) is 6. The molecule has 9 rings (SSSR count). The lowest BCUT2D eigenvalue weighted by Crippen LogP contribution is -2.23. The topological polar surface area (TPSA) is 343 Å². The highest BCUT2D eigenvalue weighted by atomic mass is 16.5. The Hall–Kier alpha value is -6.92. The first-order valence-electron chi connectivity index (χ1n) is 35.6. The van der Waals surface area contributed by atoms with Crippen molar-refractivity contribution in [2.24, 2.45) is 32.5 Å². The molecule has 94 heavy (non-hydrogen) atoms. The summed E-state index contributed by atoms with van der Waals surface area (Å²) < 4.78 is 13.3. The summed E-state index contributed by atoms with van der Waals surface area (Å²) in [6.45, 7) is 0. The molecule has 11 N–H and O–H groups in total. The summed E-state index contributed by atoms with van der Waals surface area (Å²) in [4.78, 5) is 73.3. The van der Waals surface area contributed by atoms with Crippen LogP contribution in [0, 0.1) is 32.5 Å². The number of benzene rings is 3. The first kappa shape index (κ1) is 71.4. The van der Waals surface area contributed by atoms with E-state index < -0.39 is 92.0 Å². The number of ether oxygens (including phenoxy) is 2. The summed E-state index contributed by atoms with van der Waals surface area (Å²) in [6, 6.07) is 8.11. The third-order valence-corrected chi connectivity index (χ3v) is 22.9. The summed E-state index contributed by atoms with van der Waals surface area (Å²) in [7, 11) is 0. The number of phenols is 5. The van der Waals surface area contributed by atoms with Crippen LogP contribution in [0.25, 0.3) is 0 Å². The number of hydrogen-bond acceptors (Lipinski definition) is 13. The molecule has 0 radical (unpaired) electrons. The molecule has 19 heteroatoms. The molecule has 6 aliphatic rings.